The number of hydrogen-bond donors (Lipinski definition) is 1. The van der Waals surface area contributed by atoms with Crippen LogP contribution in [0.1, 0.15) is 11.1 Å². The average Bonchev–Trinajstić information content (AvgIpc) is 3.16. The first-order valence-electron chi connectivity index (χ1n) is 11.4. The van der Waals surface area contributed by atoms with Gasteiger partial charge in [-0.3, -0.25) is 19.3 Å². The number of nitrogens with zero attached hydrogens (tertiary/aromatic N) is 1. The van der Waals surface area contributed by atoms with Gasteiger partial charge in [0.25, 0.3) is 11.1 Å². The van der Waals surface area contributed by atoms with Gasteiger partial charge in [-0.05, 0) is 64.0 Å². The zero-order chi connectivity index (χ0) is 24.9. The number of imide groups is 1. The van der Waals surface area contributed by atoms with E-state index in [1.807, 2.05) is 54.6 Å². The Kier molecular flexibility index (Phi) is 6.82. The third-order valence-corrected chi connectivity index (χ3v) is 6.59. The lowest BCUT2D eigenvalue weighted by molar-refractivity contribution is -0.127. The molecule has 7 heteroatoms. The highest BCUT2D eigenvalue weighted by atomic mass is 32.2. The van der Waals surface area contributed by atoms with Gasteiger partial charge >= 0.3 is 0 Å². The molecule has 3 amide bonds. The first-order valence-corrected chi connectivity index (χ1v) is 12.2. The first-order chi connectivity index (χ1) is 17.6. The Bertz CT molecular complexity index is 1460. The van der Waals surface area contributed by atoms with Crippen molar-refractivity contribution in [2.24, 2.45) is 0 Å². The summed E-state index contributed by atoms with van der Waals surface area (Å²) >= 11 is 0.825. The second-order valence-electron chi connectivity index (χ2n) is 8.18. The number of rotatable bonds is 7. The first kappa shape index (κ1) is 23.4. The summed E-state index contributed by atoms with van der Waals surface area (Å²) in [6, 6.07) is 30.5. The van der Waals surface area contributed by atoms with Crippen LogP contribution in [0.15, 0.2) is 102 Å². The van der Waals surface area contributed by atoms with E-state index < -0.39 is 17.1 Å². The number of hydrogen-bond acceptors (Lipinski definition) is 5. The van der Waals surface area contributed by atoms with Gasteiger partial charge in [-0.15, -0.1) is 0 Å². The van der Waals surface area contributed by atoms with Crippen molar-refractivity contribution < 1.29 is 19.1 Å². The zero-order valence-electron chi connectivity index (χ0n) is 19.2. The second-order valence-corrected chi connectivity index (χ2v) is 9.17. The van der Waals surface area contributed by atoms with E-state index in [9.17, 15) is 14.4 Å². The minimum Gasteiger partial charge on any atom is -0.489 e. The number of para-hydroxylation sites is 1. The van der Waals surface area contributed by atoms with E-state index >= 15 is 0 Å². The summed E-state index contributed by atoms with van der Waals surface area (Å²) in [6.45, 7) is 0.0997. The molecule has 0 radical (unpaired) electrons. The fourth-order valence-electron chi connectivity index (χ4n) is 3.89. The molecular formula is C29H22N2O4S. The lowest BCUT2D eigenvalue weighted by atomic mass is 10.1. The van der Waals surface area contributed by atoms with Crippen LogP contribution in [0.4, 0.5) is 10.5 Å². The molecule has 1 N–H and O–H groups in total. The Hall–Kier alpha value is -4.36. The molecule has 5 rings (SSSR count). The van der Waals surface area contributed by atoms with Crippen LogP contribution in [-0.4, -0.2) is 28.5 Å². The van der Waals surface area contributed by atoms with Crippen molar-refractivity contribution in [1.29, 1.82) is 0 Å². The van der Waals surface area contributed by atoms with E-state index in [1.54, 1.807) is 30.3 Å². The van der Waals surface area contributed by atoms with E-state index in [0.717, 1.165) is 33.2 Å². The summed E-state index contributed by atoms with van der Waals surface area (Å²) in [7, 11) is 0. The highest BCUT2D eigenvalue weighted by Crippen LogP contribution is 2.32. The van der Waals surface area contributed by atoms with Crippen molar-refractivity contribution in [3.8, 4) is 5.75 Å². The SMILES string of the molecule is O=C(CN1C(=O)S/C(=C\c2ccc(OCc3cccc4ccccc34)cc2)C1=O)Nc1ccccc1. The molecule has 1 fully saturated rings. The summed E-state index contributed by atoms with van der Waals surface area (Å²) in [5.41, 5.74) is 2.46. The monoisotopic (exact) mass is 494 g/mol. The van der Waals surface area contributed by atoms with Gasteiger partial charge in [0.05, 0.1) is 4.91 Å². The minimum absolute atomic E-state index is 0.275. The summed E-state index contributed by atoms with van der Waals surface area (Å²) in [5.74, 6) is -0.215. The van der Waals surface area contributed by atoms with Gasteiger partial charge in [0.15, 0.2) is 0 Å². The van der Waals surface area contributed by atoms with Crippen molar-refractivity contribution in [1.82, 2.24) is 4.90 Å². The molecule has 36 heavy (non-hydrogen) atoms. The second kappa shape index (κ2) is 10.5. The smallest absolute Gasteiger partial charge is 0.294 e. The third kappa shape index (κ3) is 5.31. The van der Waals surface area contributed by atoms with Crippen molar-refractivity contribution >= 4 is 51.4 Å². The maximum Gasteiger partial charge on any atom is 0.294 e. The van der Waals surface area contributed by atoms with E-state index in [-0.39, 0.29) is 11.4 Å². The van der Waals surface area contributed by atoms with Crippen LogP contribution >= 0.6 is 11.8 Å². The van der Waals surface area contributed by atoms with Crippen LogP contribution in [0.3, 0.4) is 0 Å². The lowest BCUT2D eigenvalue weighted by Crippen LogP contribution is -2.36. The van der Waals surface area contributed by atoms with E-state index in [2.05, 4.69) is 23.5 Å². The van der Waals surface area contributed by atoms with Crippen molar-refractivity contribution in [2.75, 3.05) is 11.9 Å². The fraction of sp³-hybridized carbons (Fsp3) is 0.0690. The number of anilines is 1. The number of thioether (sulfide) groups is 1. The van der Waals surface area contributed by atoms with Crippen LogP contribution in [0, 0.1) is 0 Å². The molecular weight excluding hydrogens is 472 g/mol. The average molecular weight is 495 g/mol. The predicted octanol–water partition coefficient (Wildman–Crippen LogP) is 6.09. The maximum atomic E-state index is 12.8. The Morgan fingerprint density at radius 3 is 2.39 bits per heavy atom. The highest BCUT2D eigenvalue weighted by molar-refractivity contribution is 8.18. The predicted molar refractivity (Wildman–Crippen MR) is 142 cm³/mol. The summed E-state index contributed by atoms with van der Waals surface area (Å²) in [5, 5.41) is 4.54. The topological polar surface area (TPSA) is 75.7 Å². The normalized spacial score (nSPS) is 14.4. The molecule has 0 bridgehead atoms. The van der Waals surface area contributed by atoms with Gasteiger partial charge in [-0.1, -0.05) is 72.8 Å². The molecule has 4 aromatic carbocycles. The van der Waals surface area contributed by atoms with Crippen molar-refractivity contribution in [3.05, 3.63) is 113 Å². The lowest BCUT2D eigenvalue weighted by Gasteiger charge is -2.12. The maximum absolute atomic E-state index is 12.8. The summed E-state index contributed by atoms with van der Waals surface area (Å²) in [4.78, 5) is 38.6. The van der Waals surface area contributed by atoms with Gasteiger partial charge < -0.3 is 10.1 Å². The van der Waals surface area contributed by atoms with Gasteiger partial charge in [0, 0.05) is 5.69 Å². The molecule has 1 aliphatic heterocycles. The molecule has 0 atom stereocenters. The Labute approximate surface area is 212 Å². The number of carbonyl (C=O) groups excluding carboxylic acids is 3. The number of nitrogens with one attached hydrogen (secondary N) is 1. The standard InChI is InChI=1S/C29H22N2O4S/c32-27(30-23-10-2-1-3-11-23)18-31-28(33)26(36-29(31)34)17-20-13-15-24(16-14-20)35-19-22-9-6-8-21-7-4-5-12-25(21)22/h1-17H,18-19H2,(H,30,32)/b26-17-. The van der Waals surface area contributed by atoms with E-state index in [0.29, 0.717) is 18.0 Å². The molecule has 178 valence electrons. The molecule has 0 saturated carbocycles. The van der Waals surface area contributed by atoms with Crippen LogP contribution in [0.2, 0.25) is 0 Å². The number of fused-ring (bicyclic) bond motifs is 1. The molecule has 0 aromatic heterocycles. The van der Waals surface area contributed by atoms with Gasteiger partial charge in [-0.25, -0.2) is 0 Å². The Morgan fingerprint density at radius 1 is 0.861 bits per heavy atom. The van der Waals surface area contributed by atoms with Crippen molar-refractivity contribution in [3.63, 3.8) is 0 Å². The molecule has 0 spiro atoms. The fourth-order valence-corrected chi connectivity index (χ4v) is 4.73. The molecule has 0 unspecified atom stereocenters. The molecule has 1 saturated heterocycles. The van der Waals surface area contributed by atoms with Crippen LogP contribution < -0.4 is 10.1 Å². The molecule has 1 heterocycles. The number of carbonyl (C=O) groups is 3. The van der Waals surface area contributed by atoms with Crippen LogP contribution in [-0.2, 0) is 16.2 Å². The third-order valence-electron chi connectivity index (χ3n) is 5.68. The zero-order valence-corrected chi connectivity index (χ0v) is 20.0. The summed E-state index contributed by atoms with van der Waals surface area (Å²) in [6.07, 6.45) is 1.65. The number of ether oxygens (including phenoxy) is 1. The number of amides is 3. The largest absolute Gasteiger partial charge is 0.489 e. The molecule has 1 aliphatic rings. The van der Waals surface area contributed by atoms with E-state index in [4.69, 9.17) is 4.74 Å². The van der Waals surface area contributed by atoms with Gasteiger partial charge in [0.2, 0.25) is 5.91 Å². The quantitative estimate of drug-likeness (QED) is 0.315. The van der Waals surface area contributed by atoms with Crippen LogP contribution in [0.5, 0.6) is 5.75 Å². The molecule has 6 nitrogen and oxygen atoms in total. The summed E-state index contributed by atoms with van der Waals surface area (Å²) < 4.78 is 5.97. The Balaban J connectivity index is 1.21. The molecule has 4 aromatic rings. The van der Waals surface area contributed by atoms with Gasteiger partial charge in [0.1, 0.15) is 18.9 Å². The molecule has 0 aliphatic carbocycles. The van der Waals surface area contributed by atoms with Crippen LogP contribution in [0.25, 0.3) is 16.8 Å². The van der Waals surface area contributed by atoms with Gasteiger partial charge in [-0.2, -0.15) is 0 Å². The highest BCUT2D eigenvalue weighted by Gasteiger charge is 2.36. The minimum atomic E-state index is -0.482. The van der Waals surface area contributed by atoms with E-state index in [1.165, 1.54) is 5.39 Å². The Morgan fingerprint density at radius 2 is 1.58 bits per heavy atom. The number of benzene rings is 4. The van der Waals surface area contributed by atoms with Crippen molar-refractivity contribution in [2.45, 2.75) is 6.61 Å².